The Labute approximate surface area is 131 Å². The van der Waals surface area contributed by atoms with Crippen LogP contribution in [0.15, 0.2) is 16.6 Å². The molecule has 0 bridgehead atoms. The normalized spacial score (nSPS) is 24.3. The Kier molecular flexibility index (Phi) is 4.80. The van der Waals surface area contributed by atoms with E-state index in [-0.39, 0.29) is 5.41 Å². The number of benzene rings is 1. The zero-order valence-electron chi connectivity index (χ0n) is 13.2. The van der Waals surface area contributed by atoms with Crippen LogP contribution in [-0.2, 0) is 0 Å². The van der Waals surface area contributed by atoms with Crippen LogP contribution in [0.1, 0.15) is 44.2 Å². The summed E-state index contributed by atoms with van der Waals surface area (Å²) in [4.78, 5) is 0. The van der Waals surface area contributed by atoms with Gasteiger partial charge in [-0.2, -0.15) is 0 Å². The molecule has 1 aromatic rings. The number of hydrogen-bond acceptors (Lipinski definition) is 2. The second-order valence-corrected chi connectivity index (χ2v) is 6.79. The summed E-state index contributed by atoms with van der Waals surface area (Å²) in [5.74, 6) is 1.01. The van der Waals surface area contributed by atoms with Gasteiger partial charge in [-0.25, -0.2) is 0 Å². The number of rotatable bonds is 5. The molecular formula is C17H26BrNO. The number of halogens is 1. The highest BCUT2D eigenvalue weighted by atomic mass is 79.9. The topological polar surface area (TPSA) is 21.3 Å². The second kappa shape index (κ2) is 6.07. The van der Waals surface area contributed by atoms with E-state index in [0.29, 0.717) is 12.1 Å². The third-order valence-electron chi connectivity index (χ3n) is 5.14. The van der Waals surface area contributed by atoms with Crippen molar-refractivity contribution in [3.63, 3.8) is 0 Å². The van der Waals surface area contributed by atoms with E-state index >= 15 is 0 Å². The molecule has 0 amide bonds. The van der Waals surface area contributed by atoms with Crippen molar-refractivity contribution < 1.29 is 4.74 Å². The quantitative estimate of drug-likeness (QED) is 0.845. The molecule has 0 heterocycles. The van der Waals surface area contributed by atoms with Gasteiger partial charge < -0.3 is 10.1 Å². The standard InChI is InChI=1S/C17H26BrNO/c1-6-17(7-2)14(19-5)10-15(17)20-13-8-11(3)16(18)12(4)9-13/h8-9,14-15,19H,6-7,10H2,1-5H3. The molecule has 0 aromatic heterocycles. The third-order valence-corrected chi connectivity index (χ3v) is 6.39. The van der Waals surface area contributed by atoms with Crippen LogP contribution in [0, 0.1) is 19.3 Å². The zero-order chi connectivity index (χ0) is 14.9. The van der Waals surface area contributed by atoms with E-state index in [0.717, 1.165) is 25.0 Å². The molecule has 2 atom stereocenters. The van der Waals surface area contributed by atoms with Crippen LogP contribution in [0.3, 0.4) is 0 Å². The second-order valence-electron chi connectivity index (χ2n) is 5.99. The zero-order valence-corrected chi connectivity index (χ0v) is 14.8. The fourth-order valence-corrected chi connectivity index (χ4v) is 3.88. The number of aryl methyl sites for hydroxylation is 2. The monoisotopic (exact) mass is 339 g/mol. The van der Waals surface area contributed by atoms with Crippen molar-refractivity contribution in [3.05, 3.63) is 27.7 Å². The molecule has 2 rings (SSSR count). The Balaban J connectivity index is 2.19. The average Bonchev–Trinajstić information content (AvgIpc) is 2.41. The minimum atomic E-state index is 0.281. The van der Waals surface area contributed by atoms with Crippen LogP contribution < -0.4 is 10.1 Å². The molecule has 3 heteroatoms. The van der Waals surface area contributed by atoms with Crippen molar-refractivity contribution >= 4 is 15.9 Å². The first-order chi connectivity index (χ1) is 9.48. The fraction of sp³-hybridized carbons (Fsp3) is 0.647. The third kappa shape index (κ3) is 2.50. The van der Waals surface area contributed by atoms with E-state index < -0.39 is 0 Å². The molecule has 2 unspecified atom stereocenters. The molecule has 0 saturated heterocycles. The van der Waals surface area contributed by atoms with Crippen molar-refractivity contribution in [2.24, 2.45) is 5.41 Å². The Morgan fingerprint density at radius 1 is 1.25 bits per heavy atom. The maximum absolute atomic E-state index is 6.34. The molecule has 1 aliphatic rings. The molecule has 1 N–H and O–H groups in total. The van der Waals surface area contributed by atoms with E-state index in [4.69, 9.17) is 4.74 Å². The fourth-order valence-electron chi connectivity index (χ4n) is 3.65. The summed E-state index contributed by atoms with van der Waals surface area (Å²) >= 11 is 3.62. The smallest absolute Gasteiger partial charge is 0.120 e. The first-order valence-corrected chi connectivity index (χ1v) is 8.38. The largest absolute Gasteiger partial charge is 0.490 e. The highest BCUT2D eigenvalue weighted by Gasteiger charge is 2.53. The Hall–Kier alpha value is -0.540. The summed E-state index contributed by atoms with van der Waals surface area (Å²) < 4.78 is 7.52. The van der Waals surface area contributed by atoms with Gasteiger partial charge >= 0.3 is 0 Å². The highest BCUT2D eigenvalue weighted by Crippen LogP contribution is 2.49. The minimum Gasteiger partial charge on any atom is -0.490 e. The first-order valence-electron chi connectivity index (χ1n) is 7.59. The number of nitrogens with one attached hydrogen (secondary N) is 1. The summed E-state index contributed by atoms with van der Waals surface area (Å²) in [6.07, 6.45) is 3.75. The van der Waals surface area contributed by atoms with Crippen molar-refractivity contribution in [2.45, 2.75) is 59.1 Å². The molecule has 0 spiro atoms. The highest BCUT2D eigenvalue weighted by molar-refractivity contribution is 9.10. The maximum atomic E-state index is 6.34. The molecular weight excluding hydrogens is 314 g/mol. The Morgan fingerprint density at radius 2 is 1.80 bits per heavy atom. The van der Waals surface area contributed by atoms with Crippen LogP contribution in [0.5, 0.6) is 5.75 Å². The van der Waals surface area contributed by atoms with Crippen LogP contribution >= 0.6 is 15.9 Å². The van der Waals surface area contributed by atoms with E-state index in [9.17, 15) is 0 Å². The molecule has 0 aliphatic heterocycles. The van der Waals surface area contributed by atoms with Gasteiger partial charge in [0, 0.05) is 22.4 Å². The predicted octanol–water partition coefficient (Wildman–Crippen LogP) is 4.61. The average molecular weight is 340 g/mol. The Morgan fingerprint density at radius 3 is 2.25 bits per heavy atom. The molecule has 1 aromatic carbocycles. The summed E-state index contributed by atoms with van der Waals surface area (Å²) in [5, 5.41) is 3.45. The molecule has 1 aliphatic carbocycles. The summed E-state index contributed by atoms with van der Waals surface area (Å²) in [5.41, 5.74) is 2.76. The van der Waals surface area contributed by atoms with E-state index in [1.807, 2.05) is 0 Å². The predicted molar refractivity (Wildman–Crippen MR) is 88.5 cm³/mol. The number of ether oxygens (including phenoxy) is 1. The molecule has 2 nitrogen and oxygen atoms in total. The molecule has 1 saturated carbocycles. The molecule has 0 radical (unpaired) electrons. The van der Waals surface area contributed by atoms with Gasteiger partial charge in [-0.3, -0.25) is 0 Å². The van der Waals surface area contributed by atoms with Crippen LogP contribution in [-0.4, -0.2) is 19.2 Å². The van der Waals surface area contributed by atoms with E-state index in [1.54, 1.807) is 0 Å². The maximum Gasteiger partial charge on any atom is 0.120 e. The van der Waals surface area contributed by atoms with Crippen LogP contribution in [0.2, 0.25) is 0 Å². The van der Waals surface area contributed by atoms with Crippen molar-refractivity contribution in [1.82, 2.24) is 5.32 Å². The van der Waals surface area contributed by atoms with E-state index in [1.165, 1.54) is 15.6 Å². The van der Waals surface area contributed by atoms with Gasteiger partial charge in [-0.15, -0.1) is 0 Å². The van der Waals surface area contributed by atoms with Gasteiger partial charge in [0.25, 0.3) is 0 Å². The van der Waals surface area contributed by atoms with Gasteiger partial charge in [-0.1, -0.05) is 29.8 Å². The van der Waals surface area contributed by atoms with Gasteiger partial charge in [0.05, 0.1) is 0 Å². The van der Waals surface area contributed by atoms with Crippen LogP contribution in [0.4, 0.5) is 0 Å². The van der Waals surface area contributed by atoms with Gasteiger partial charge in [0.1, 0.15) is 11.9 Å². The van der Waals surface area contributed by atoms with Gasteiger partial charge in [0.2, 0.25) is 0 Å². The lowest BCUT2D eigenvalue weighted by Gasteiger charge is -2.55. The van der Waals surface area contributed by atoms with Gasteiger partial charge in [0.15, 0.2) is 0 Å². The lowest BCUT2D eigenvalue weighted by molar-refractivity contribution is -0.0836. The minimum absolute atomic E-state index is 0.281. The van der Waals surface area contributed by atoms with E-state index in [2.05, 4.69) is 68.1 Å². The van der Waals surface area contributed by atoms with Gasteiger partial charge in [-0.05, 0) is 57.0 Å². The van der Waals surface area contributed by atoms with Crippen molar-refractivity contribution in [1.29, 1.82) is 0 Å². The first kappa shape index (κ1) is 15.8. The van der Waals surface area contributed by atoms with Crippen molar-refractivity contribution in [3.8, 4) is 5.75 Å². The lowest BCUT2D eigenvalue weighted by atomic mass is 9.58. The molecule has 112 valence electrons. The lowest BCUT2D eigenvalue weighted by Crippen LogP contribution is -2.63. The van der Waals surface area contributed by atoms with Crippen LogP contribution in [0.25, 0.3) is 0 Å². The summed E-state index contributed by atoms with van der Waals surface area (Å²) in [7, 11) is 2.06. The SMILES string of the molecule is CCC1(CC)C(NC)CC1Oc1cc(C)c(Br)c(C)c1. The summed E-state index contributed by atoms with van der Waals surface area (Å²) in [6, 6.07) is 4.86. The number of hydrogen-bond donors (Lipinski definition) is 1. The Bertz CT molecular complexity index is 459. The molecule has 1 fully saturated rings. The molecule has 20 heavy (non-hydrogen) atoms. The van der Waals surface area contributed by atoms with Crippen molar-refractivity contribution in [2.75, 3.05) is 7.05 Å². The summed E-state index contributed by atoms with van der Waals surface area (Å²) in [6.45, 7) is 8.80.